The van der Waals surface area contributed by atoms with Gasteiger partial charge in [0.05, 0.1) is 12.2 Å². The van der Waals surface area contributed by atoms with Gasteiger partial charge in [0.25, 0.3) is 0 Å². The molecule has 0 aliphatic carbocycles. The van der Waals surface area contributed by atoms with Crippen LogP contribution in [0.4, 0.5) is 0 Å². The van der Waals surface area contributed by atoms with Crippen molar-refractivity contribution in [3.05, 3.63) is 23.8 Å². The number of amidine groups is 1. The molecule has 15 heavy (non-hydrogen) atoms. The number of nitrogens with two attached hydrogens (primary N) is 1. The fourth-order valence-corrected chi connectivity index (χ4v) is 1.88. The van der Waals surface area contributed by atoms with Crippen LogP contribution in [0.3, 0.4) is 0 Å². The van der Waals surface area contributed by atoms with Crippen LogP contribution in [0.15, 0.2) is 28.3 Å². The number of ether oxygens (including phenoxy) is 1. The number of benzene rings is 1. The molecule has 5 heteroatoms. The fraction of sp³-hybridized carbons (Fsp3) is 0.300. The molecule has 0 fully saturated rings. The molecule has 0 aromatic heterocycles. The average molecular weight is 226 g/mol. The topological polar surface area (TPSA) is 67.8 Å². The highest BCUT2D eigenvalue weighted by Crippen LogP contribution is 2.28. The summed E-state index contributed by atoms with van der Waals surface area (Å²) in [6.07, 6.45) is 1.93. The van der Waals surface area contributed by atoms with E-state index in [4.69, 9.17) is 15.7 Å². The third-order valence-electron chi connectivity index (χ3n) is 1.87. The van der Waals surface area contributed by atoms with Gasteiger partial charge in [0.15, 0.2) is 5.84 Å². The number of hydrogen-bond donors (Lipinski definition) is 2. The van der Waals surface area contributed by atoms with Crippen molar-refractivity contribution >= 4 is 17.6 Å². The Bertz CT molecular complexity index is 366. The lowest BCUT2D eigenvalue weighted by atomic mass is 10.2. The van der Waals surface area contributed by atoms with Gasteiger partial charge in [-0.25, -0.2) is 0 Å². The first-order valence-electron chi connectivity index (χ1n) is 4.52. The van der Waals surface area contributed by atoms with Gasteiger partial charge in [-0.2, -0.15) is 0 Å². The summed E-state index contributed by atoms with van der Waals surface area (Å²) in [5.74, 6) is 0.711. The van der Waals surface area contributed by atoms with Gasteiger partial charge in [0.1, 0.15) is 5.75 Å². The quantitative estimate of drug-likeness (QED) is 0.270. The Hall–Kier alpha value is -1.36. The summed E-state index contributed by atoms with van der Waals surface area (Å²) >= 11 is 1.53. The molecular weight excluding hydrogens is 212 g/mol. The summed E-state index contributed by atoms with van der Waals surface area (Å²) in [7, 11) is 0. The predicted molar refractivity (Wildman–Crippen MR) is 61.9 cm³/mol. The zero-order valence-corrected chi connectivity index (χ0v) is 9.54. The Labute approximate surface area is 93.1 Å². The second-order valence-corrected chi connectivity index (χ2v) is 3.60. The smallest absolute Gasteiger partial charge is 0.174 e. The van der Waals surface area contributed by atoms with Crippen molar-refractivity contribution in [1.82, 2.24) is 0 Å². The lowest BCUT2D eigenvalue weighted by molar-refractivity contribution is 0.316. The van der Waals surface area contributed by atoms with Crippen LogP contribution in [-0.2, 0) is 0 Å². The molecule has 0 bridgehead atoms. The lowest BCUT2D eigenvalue weighted by Gasteiger charge is -2.12. The highest BCUT2D eigenvalue weighted by molar-refractivity contribution is 7.98. The molecule has 1 rings (SSSR count). The molecule has 82 valence electrons. The van der Waals surface area contributed by atoms with E-state index in [-0.39, 0.29) is 5.84 Å². The SMILES string of the molecule is CCOc1cccc(SC)c1/C(N)=N/O. The van der Waals surface area contributed by atoms with Gasteiger partial charge in [-0.1, -0.05) is 11.2 Å². The summed E-state index contributed by atoms with van der Waals surface area (Å²) < 4.78 is 5.42. The first kappa shape index (κ1) is 11.7. The zero-order chi connectivity index (χ0) is 11.3. The number of hydrogen-bond acceptors (Lipinski definition) is 4. The van der Waals surface area contributed by atoms with Crippen molar-refractivity contribution in [2.24, 2.45) is 10.9 Å². The normalized spacial score (nSPS) is 11.5. The maximum Gasteiger partial charge on any atom is 0.174 e. The molecule has 0 aliphatic heterocycles. The summed E-state index contributed by atoms with van der Waals surface area (Å²) in [5, 5.41) is 11.7. The van der Waals surface area contributed by atoms with Crippen molar-refractivity contribution in [2.45, 2.75) is 11.8 Å². The molecule has 4 nitrogen and oxygen atoms in total. The maximum atomic E-state index is 8.70. The van der Waals surface area contributed by atoms with Crippen LogP contribution in [0.5, 0.6) is 5.75 Å². The van der Waals surface area contributed by atoms with Crippen molar-refractivity contribution < 1.29 is 9.94 Å². The molecule has 1 aromatic rings. The van der Waals surface area contributed by atoms with E-state index >= 15 is 0 Å². The number of thioether (sulfide) groups is 1. The lowest BCUT2D eigenvalue weighted by Crippen LogP contribution is -2.16. The van der Waals surface area contributed by atoms with E-state index in [1.807, 2.05) is 25.3 Å². The van der Waals surface area contributed by atoms with Crippen molar-refractivity contribution in [3.8, 4) is 5.75 Å². The van der Waals surface area contributed by atoms with E-state index in [2.05, 4.69) is 5.16 Å². The monoisotopic (exact) mass is 226 g/mol. The van der Waals surface area contributed by atoms with Crippen LogP contribution in [0.2, 0.25) is 0 Å². The van der Waals surface area contributed by atoms with Crippen molar-refractivity contribution in [2.75, 3.05) is 12.9 Å². The van der Waals surface area contributed by atoms with Crippen LogP contribution in [0.1, 0.15) is 12.5 Å². The molecular formula is C10H14N2O2S. The molecule has 1 aromatic carbocycles. The summed E-state index contributed by atoms with van der Waals surface area (Å²) in [6, 6.07) is 5.59. The van der Waals surface area contributed by atoms with Gasteiger partial charge >= 0.3 is 0 Å². The minimum atomic E-state index is 0.0726. The highest BCUT2D eigenvalue weighted by Gasteiger charge is 2.12. The molecule has 0 spiro atoms. The molecule has 0 aliphatic rings. The highest BCUT2D eigenvalue weighted by atomic mass is 32.2. The van der Waals surface area contributed by atoms with Crippen LogP contribution in [-0.4, -0.2) is 23.9 Å². The summed E-state index contributed by atoms with van der Waals surface area (Å²) in [5.41, 5.74) is 6.26. The number of nitrogens with zero attached hydrogens (tertiary/aromatic N) is 1. The minimum Gasteiger partial charge on any atom is -0.493 e. The van der Waals surface area contributed by atoms with Gasteiger partial charge in [-0.15, -0.1) is 11.8 Å². The Morgan fingerprint density at radius 2 is 2.33 bits per heavy atom. The first-order valence-corrected chi connectivity index (χ1v) is 5.74. The maximum absolute atomic E-state index is 8.70. The Morgan fingerprint density at radius 3 is 2.87 bits per heavy atom. The van der Waals surface area contributed by atoms with Gasteiger partial charge in [0.2, 0.25) is 0 Å². The van der Waals surface area contributed by atoms with Gasteiger partial charge in [-0.3, -0.25) is 0 Å². The van der Waals surface area contributed by atoms with Crippen molar-refractivity contribution in [1.29, 1.82) is 0 Å². The van der Waals surface area contributed by atoms with Gasteiger partial charge in [0, 0.05) is 4.90 Å². The zero-order valence-electron chi connectivity index (χ0n) is 8.73. The summed E-state index contributed by atoms with van der Waals surface area (Å²) in [6.45, 7) is 2.44. The largest absolute Gasteiger partial charge is 0.493 e. The second kappa shape index (κ2) is 5.50. The Kier molecular flexibility index (Phi) is 4.30. The van der Waals surface area contributed by atoms with Gasteiger partial charge < -0.3 is 15.7 Å². The van der Waals surface area contributed by atoms with Gasteiger partial charge in [-0.05, 0) is 25.3 Å². The Morgan fingerprint density at radius 1 is 1.60 bits per heavy atom. The number of oxime groups is 1. The predicted octanol–water partition coefficient (Wildman–Crippen LogP) is 1.90. The first-order chi connectivity index (χ1) is 7.24. The van der Waals surface area contributed by atoms with E-state index in [1.165, 1.54) is 11.8 Å². The van der Waals surface area contributed by atoms with Crippen LogP contribution in [0.25, 0.3) is 0 Å². The second-order valence-electron chi connectivity index (χ2n) is 2.75. The van der Waals surface area contributed by atoms with E-state index in [0.717, 1.165) is 4.90 Å². The molecule has 0 unspecified atom stereocenters. The third-order valence-corrected chi connectivity index (χ3v) is 2.65. The van der Waals surface area contributed by atoms with Crippen molar-refractivity contribution in [3.63, 3.8) is 0 Å². The van der Waals surface area contributed by atoms with E-state index < -0.39 is 0 Å². The Balaban J connectivity index is 3.26. The standard InChI is InChI=1S/C10H14N2O2S/c1-3-14-7-5-4-6-8(15-2)9(7)10(11)12-13/h4-6,13H,3H2,1-2H3,(H2,11,12). The molecule has 3 N–H and O–H groups in total. The number of rotatable bonds is 4. The van der Waals surface area contributed by atoms with Crippen LogP contribution >= 0.6 is 11.8 Å². The third kappa shape index (κ3) is 2.56. The molecule has 0 heterocycles. The van der Waals surface area contributed by atoms with Crippen LogP contribution in [0, 0.1) is 0 Å². The average Bonchev–Trinajstić information content (AvgIpc) is 2.28. The van der Waals surface area contributed by atoms with E-state index in [1.54, 1.807) is 6.07 Å². The molecule has 0 atom stereocenters. The van der Waals surface area contributed by atoms with Crippen LogP contribution < -0.4 is 10.5 Å². The molecule has 0 saturated carbocycles. The summed E-state index contributed by atoms with van der Waals surface area (Å²) in [4.78, 5) is 0.927. The minimum absolute atomic E-state index is 0.0726. The molecule has 0 saturated heterocycles. The van der Waals surface area contributed by atoms with E-state index in [0.29, 0.717) is 17.9 Å². The molecule has 0 radical (unpaired) electrons. The molecule has 0 amide bonds. The van der Waals surface area contributed by atoms with E-state index in [9.17, 15) is 0 Å². The fourth-order valence-electron chi connectivity index (χ4n) is 1.26.